The van der Waals surface area contributed by atoms with Crippen LogP contribution in [0.2, 0.25) is 0 Å². The van der Waals surface area contributed by atoms with Crippen molar-refractivity contribution in [1.29, 1.82) is 0 Å². The van der Waals surface area contributed by atoms with Crippen LogP contribution < -0.4 is 10.9 Å². The van der Waals surface area contributed by atoms with Gasteiger partial charge in [-0.3, -0.25) is 0 Å². The normalized spacial score (nSPS) is 9.25. The van der Waals surface area contributed by atoms with Gasteiger partial charge < -0.3 is 9.53 Å². The Morgan fingerprint density at radius 3 is 2.88 bits per heavy atom. The summed E-state index contributed by atoms with van der Waals surface area (Å²) in [5.74, 6) is 5.29. The van der Waals surface area contributed by atoms with Crippen molar-refractivity contribution >= 4 is 5.69 Å². The van der Waals surface area contributed by atoms with E-state index in [-0.39, 0.29) is 0 Å². The van der Waals surface area contributed by atoms with Gasteiger partial charge in [-0.05, 0) is 0 Å². The lowest BCUT2D eigenvalue weighted by molar-refractivity contribution is 0.420. The monoisotopic (exact) mass is 113 g/mol. The summed E-state index contributed by atoms with van der Waals surface area (Å²) in [6.45, 7) is 0. The highest BCUT2D eigenvalue weighted by atomic mass is 16.5. The maximum atomic E-state index is 5.29. The average molecular weight is 113 g/mol. The Bertz CT molecular complexity index is 146. The molecule has 0 spiro atoms. The van der Waals surface area contributed by atoms with Crippen molar-refractivity contribution in [2.75, 3.05) is 12.1 Å². The standard InChI is InChI=1S/C4H7N3O/c1-7(5)4-2-6-8-3-4/h2-3H,5H2,1H3. The number of nitrogens with two attached hydrogens (primary N) is 1. The summed E-state index contributed by atoms with van der Waals surface area (Å²) in [4.78, 5) is 0. The van der Waals surface area contributed by atoms with Gasteiger partial charge in [0, 0.05) is 7.05 Å². The van der Waals surface area contributed by atoms with E-state index in [0.29, 0.717) is 0 Å². The average Bonchev–Trinajstić information content (AvgIpc) is 2.12. The lowest BCUT2D eigenvalue weighted by Crippen LogP contribution is -2.24. The van der Waals surface area contributed by atoms with E-state index in [1.165, 1.54) is 11.3 Å². The van der Waals surface area contributed by atoms with Crippen LogP contribution in [0.5, 0.6) is 0 Å². The van der Waals surface area contributed by atoms with Gasteiger partial charge >= 0.3 is 0 Å². The number of hydrogen-bond donors (Lipinski definition) is 1. The first-order valence-electron chi connectivity index (χ1n) is 2.18. The van der Waals surface area contributed by atoms with Crippen LogP contribution in [0.1, 0.15) is 0 Å². The fourth-order valence-electron chi connectivity index (χ4n) is 0.373. The Kier molecular flexibility index (Phi) is 1.17. The van der Waals surface area contributed by atoms with Crippen LogP contribution in [0.25, 0.3) is 0 Å². The highest BCUT2D eigenvalue weighted by molar-refractivity contribution is 5.36. The molecule has 4 heteroatoms. The van der Waals surface area contributed by atoms with E-state index in [0.717, 1.165) is 5.69 Å². The van der Waals surface area contributed by atoms with E-state index in [4.69, 9.17) is 5.84 Å². The summed E-state index contributed by atoms with van der Waals surface area (Å²) in [5, 5.41) is 4.87. The number of anilines is 1. The first-order valence-corrected chi connectivity index (χ1v) is 2.18. The van der Waals surface area contributed by atoms with Crippen molar-refractivity contribution < 1.29 is 4.52 Å². The smallest absolute Gasteiger partial charge is 0.148 e. The van der Waals surface area contributed by atoms with Crippen molar-refractivity contribution in [2.24, 2.45) is 5.84 Å². The molecular formula is C4H7N3O. The Morgan fingerprint density at radius 2 is 2.62 bits per heavy atom. The van der Waals surface area contributed by atoms with Crippen LogP contribution in [0.3, 0.4) is 0 Å². The molecule has 0 fully saturated rings. The summed E-state index contributed by atoms with van der Waals surface area (Å²) in [6, 6.07) is 0. The summed E-state index contributed by atoms with van der Waals surface area (Å²) >= 11 is 0. The summed E-state index contributed by atoms with van der Waals surface area (Å²) < 4.78 is 4.50. The van der Waals surface area contributed by atoms with Gasteiger partial charge in [-0.15, -0.1) is 0 Å². The first kappa shape index (κ1) is 5.11. The molecule has 0 saturated carbocycles. The van der Waals surface area contributed by atoms with Gasteiger partial charge in [0.05, 0.1) is 6.20 Å². The van der Waals surface area contributed by atoms with Crippen LogP contribution in [-0.4, -0.2) is 12.2 Å². The van der Waals surface area contributed by atoms with E-state index in [1.54, 1.807) is 13.2 Å². The number of hydrogen-bond acceptors (Lipinski definition) is 4. The van der Waals surface area contributed by atoms with Crippen molar-refractivity contribution in [3.05, 3.63) is 12.5 Å². The molecule has 0 atom stereocenters. The highest BCUT2D eigenvalue weighted by Crippen LogP contribution is 2.04. The topological polar surface area (TPSA) is 55.3 Å². The molecule has 0 aliphatic carbocycles. The Hall–Kier alpha value is -1.03. The molecule has 0 radical (unpaired) electrons. The zero-order valence-electron chi connectivity index (χ0n) is 4.53. The predicted octanol–water partition coefficient (Wildman–Crippen LogP) is -0.0155. The molecule has 0 unspecified atom stereocenters. The Morgan fingerprint density at radius 1 is 1.88 bits per heavy atom. The van der Waals surface area contributed by atoms with Crippen molar-refractivity contribution in [3.8, 4) is 0 Å². The zero-order chi connectivity index (χ0) is 5.98. The molecule has 0 aromatic carbocycles. The molecular weight excluding hydrogens is 106 g/mol. The molecule has 0 bridgehead atoms. The van der Waals surface area contributed by atoms with Crippen LogP contribution in [0.15, 0.2) is 17.0 Å². The van der Waals surface area contributed by atoms with Crippen LogP contribution >= 0.6 is 0 Å². The maximum Gasteiger partial charge on any atom is 0.148 e. The molecule has 1 aromatic heterocycles. The van der Waals surface area contributed by atoms with E-state index in [2.05, 4.69) is 9.68 Å². The number of rotatable bonds is 1. The second-order valence-corrected chi connectivity index (χ2v) is 1.49. The van der Waals surface area contributed by atoms with Crippen molar-refractivity contribution in [2.45, 2.75) is 0 Å². The van der Waals surface area contributed by atoms with Gasteiger partial charge in [0.2, 0.25) is 0 Å². The summed E-state index contributed by atoms with van der Waals surface area (Å²) in [6.07, 6.45) is 3.01. The summed E-state index contributed by atoms with van der Waals surface area (Å²) in [5.41, 5.74) is 0.769. The second-order valence-electron chi connectivity index (χ2n) is 1.49. The molecule has 44 valence electrons. The minimum atomic E-state index is 0.769. The molecule has 0 aliphatic rings. The minimum absolute atomic E-state index is 0.769. The van der Waals surface area contributed by atoms with Gasteiger partial charge in [-0.2, -0.15) is 0 Å². The molecule has 1 rings (SSSR count). The zero-order valence-corrected chi connectivity index (χ0v) is 4.53. The highest BCUT2D eigenvalue weighted by Gasteiger charge is 1.93. The fraction of sp³-hybridized carbons (Fsp3) is 0.250. The predicted molar refractivity (Wildman–Crippen MR) is 29.1 cm³/mol. The van der Waals surface area contributed by atoms with Gasteiger partial charge in [0.1, 0.15) is 12.0 Å². The van der Waals surface area contributed by atoms with Crippen molar-refractivity contribution in [1.82, 2.24) is 5.16 Å². The van der Waals surface area contributed by atoms with Gasteiger partial charge in [0.15, 0.2) is 0 Å². The van der Waals surface area contributed by atoms with Crippen LogP contribution in [0, 0.1) is 0 Å². The molecule has 8 heavy (non-hydrogen) atoms. The maximum absolute atomic E-state index is 5.29. The molecule has 1 aromatic rings. The third-order valence-corrected chi connectivity index (χ3v) is 0.827. The van der Waals surface area contributed by atoms with E-state index in [9.17, 15) is 0 Å². The molecule has 0 amide bonds. The third-order valence-electron chi connectivity index (χ3n) is 0.827. The van der Waals surface area contributed by atoms with E-state index >= 15 is 0 Å². The van der Waals surface area contributed by atoms with Gasteiger partial charge in [-0.1, -0.05) is 5.16 Å². The quantitative estimate of drug-likeness (QED) is 0.411. The van der Waals surface area contributed by atoms with E-state index in [1.807, 2.05) is 0 Å². The number of nitrogens with zero attached hydrogens (tertiary/aromatic N) is 2. The largest absolute Gasteiger partial charge is 0.362 e. The van der Waals surface area contributed by atoms with Crippen LogP contribution in [0.4, 0.5) is 5.69 Å². The number of aromatic nitrogens is 1. The first-order chi connectivity index (χ1) is 3.80. The second kappa shape index (κ2) is 1.83. The Balaban J connectivity index is 2.77. The molecule has 2 N–H and O–H groups in total. The lowest BCUT2D eigenvalue weighted by atomic mass is 10.6. The Labute approximate surface area is 46.8 Å². The fourth-order valence-corrected chi connectivity index (χ4v) is 0.373. The van der Waals surface area contributed by atoms with E-state index < -0.39 is 0 Å². The molecule has 0 aliphatic heterocycles. The molecule has 1 heterocycles. The molecule has 4 nitrogen and oxygen atoms in total. The third kappa shape index (κ3) is 0.788. The van der Waals surface area contributed by atoms with Crippen molar-refractivity contribution in [3.63, 3.8) is 0 Å². The minimum Gasteiger partial charge on any atom is -0.362 e. The molecule has 0 saturated heterocycles. The van der Waals surface area contributed by atoms with Crippen LogP contribution in [-0.2, 0) is 0 Å². The summed E-state index contributed by atoms with van der Waals surface area (Å²) in [7, 11) is 1.71. The van der Waals surface area contributed by atoms with Gasteiger partial charge in [0.25, 0.3) is 0 Å². The lowest BCUT2D eigenvalue weighted by Gasteiger charge is -2.04. The number of hydrazine groups is 1. The SMILES string of the molecule is CN(N)c1cnoc1. The van der Waals surface area contributed by atoms with Gasteiger partial charge in [-0.25, -0.2) is 5.84 Å².